The molecule has 0 saturated heterocycles. The number of rotatable bonds is 14. The van der Waals surface area contributed by atoms with Gasteiger partial charge in [-0.1, -0.05) is 18.2 Å². The number of thiol groups is 1. The molecule has 0 radical (unpaired) electrons. The quantitative estimate of drug-likeness (QED) is 0.150. The highest BCUT2D eigenvalue weighted by atomic mass is 32.2. The molecule has 2 rings (SSSR count). The van der Waals surface area contributed by atoms with E-state index in [1.54, 1.807) is 6.20 Å². The van der Waals surface area contributed by atoms with Crippen LogP contribution in [0, 0.1) is 0 Å². The van der Waals surface area contributed by atoms with Crippen LogP contribution >= 0.6 is 24.4 Å². The highest BCUT2D eigenvalue weighted by molar-refractivity contribution is 7.98. The zero-order valence-corrected chi connectivity index (χ0v) is 21.8. The van der Waals surface area contributed by atoms with E-state index in [9.17, 15) is 29.4 Å². The number of carboxylic acids is 1. The lowest BCUT2D eigenvalue weighted by atomic mass is 10.0. The highest BCUT2D eigenvalue weighted by Gasteiger charge is 2.32. The third-order valence-electron chi connectivity index (χ3n) is 5.55. The SMILES string of the molecule is CSCCC(NC(=O)C(Cc1c[nH]c2ccccc12)NC(=O)C(NC(=O)C(N)CS)C(C)O)C(=O)O. The molecule has 0 spiro atoms. The molecule has 2 aromatic rings. The fourth-order valence-electron chi connectivity index (χ4n) is 3.51. The van der Waals surface area contributed by atoms with Crippen LogP contribution in [0.4, 0.5) is 0 Å². The summed E-state index contributed by atoms with van der Waals surface area (Å²) in [5, 5.41) is 27.9. The van der Waals surface area contributed by atoms with Gasteiger partial charge in [0.1, 0.15) is 18.1 Å². The van der Waals surface area contributed by atoms with Gasteiger partial charge in [0, 0.05) is 29.3 Å². The molecule has 1 heterocycles. The second kappa shape index (κ2) is 14.1. The molecule has 13 heteroatoms. The van der Waals surface area contributed by atoms with Crippen LogP contribution in [0.15, 0.2) is 30.5 Å². The average Bonchev–Trinajstić information content (AvgIpc) is 3.26. The molecule has 1 aromatic carbocycles. The van der Waals surface area contributed by atoms with Crippen LogP contribution in [0.5, 0.6) is 0 Å². The third kappa shape index (κ3) is 8.15. The lowest BCUT2D eigenvalue weighted by molar-refractivity contribution is -0.142. The molecule has 5 unspecified atom stereocenters. The van der Waals surface area contributed by atoms with Gasteiger partial charge < -0.3 is 36.9 Å². The molecule has 0 saturated carbocycles. The van der Waals surface area contributed by atoms with Crippen molar-refractivity contribution in [2.45, 2.75) is 50.0 Å². The Morgan fingerprint density at radius 2 is 1.75 bits per heavy atom. The van der Waals surface area contributed by atoms with Crippen LogP contribution in [0.2, 0.25) is 0 Å². The predicted molar refractivity (Wildman–Crippen MR) is 142 cm³/mol. The maximum atomic E-state index is 13.2. The Labute approximate surface area is 218 Å². The molecule has 0 aliphatic heterocycles. The number of benzene rings is 1. The summed E-state index contributed by atoms with van der Waals surface area (Å²) in [6, 6.07) is 2.67. The first-order chi connectivity index (χ1) is 17.1. The van der Waals surface area contributed by atoms with Gasteiger partial charge >= 0.3 is 5.97 Å². The average molecular weight is 540 g/mol. The van der Waals surface area contributed by atoms with Gasteiger partial charge in [0.05, 0.1) is 12.1 Å². The van der Waals surface area contributed by atoms with E-state index in [4.69, 9.17) is 5.73 Å². The van der Waals surface area contributed by atoms with Crippen molar-refractivity contribution in [1.29, 1.82) is 0 Å². The summed E-state index contributed by atoms with van der Waals surface area (Å²) in [4.78, 5) is 53.3. The van der Waals surface area contributed by atoms with E-state index in [1.807, 2.05) is 30.5 Å². The predicted octanol–water partition coefficient (Wildman–Crippen LogP) is -0.360. The molecule has 11 nitrogen and oxygen atoms in total. The number of aliphatic hydroxyl groups is 1. The van der Waals surface area contributed by atoms with Crippen molar-refractivity contribution in [3.63, 3.8) is 0 Å². The summed E-state index contributed by atoms with van der Waals surface area (Å²) in [5.74, 6) is -2.86. The van der Waals surface area contributed by atoms with Crippen molar-refractivity contribution >= 4 is 59.0 Å². The van der Waals surface area contributed by atoms with Crippen molar-refractivity contribution < 1.29 is 29.4 Å². The number of nitrogens with one attached hydrogen (secondary N) is 4. The van der Waals surface area contributed by atoms with Crippen LogP contribution in [0.1, 0.15) is 18.9 Å². The molecule has 0 fully saturated rings. The highest BCUT2D eigenvalue weighted by Crippen LogP contribution is 2.19. The van der Waals surface area contributed by atoms with Gasteiger partial charge in [0.2, 0.25) is 17.7 Å². The van der Waals surface area contributed by atoms with Gasteiger partial charge in [-0.05, 0) is 37.0 Å². The van der Waals surface area contributed by atoms with Crippen LogP contribution in [0.3, 0.4) is 0 Å². The summed E-state index contributed by atoms with van der Waals surface area (Å²) in [5.41, 5.74) is 7.20. The normalized spacial score (nSPS) is 15.4. The minimum Gasteiger partial charge on any atom is -0.480 e. The largest absolute Gasteiger partial charge is 0.480 e. The maximum Gasteiger partial charge on any atom is 0.326 e. The van der Waals surface area contributed by atoms with Crippen molar-refractivity contribution in [2.75, 3.05) is 17.8 Å². The van der Waals surface area contributed by atoms with Gasteiger partial charge in [0.15, 0.2) is 0 Å². The second-order valence-electron chi connectivity index (χ2n) is 8.32. The van der Waals surface area contributed by atoms with Crippen molar-refractivity contribution in [2.24, 2.45) is 5.73 Å². The van der Waals surface area contributed by atoms with E-state index >= 15 is 0 Å². The third-order valence-corrected chi connectivity index (χ3v) is 6.59. The summed E-state index contributed by atoms with van der Waals surface area (Å²) in [7, 11) is 0. The number of nitrogens with two attached hydrogens (primary N) is 1. The number of thioether (sulfide) groups is 1. The summed E-state index contributed by atoms with van der Waals surface area (Å²) in [6.07, 6.45) is 2.47. The van der Waals surface area contributed by atoms with Crippen molar-refractivity contribution in [3.8, 4) is 0 Å². The Kier molecular flexibility index (Phi) is 11.6. The van der Waals surface area contributed by atoms with Crippen LogP contribution in [-0.4, -0.2) is 86.9 Å². The van der Waals surface area contributed by atoms with E-state index in [-0.39, 0.29) is 18.6 Å². The van der Waals surface area contributed by atoms with Gasteiger partial charge in [-0.25, -0.2) is 4.79 Å². The number of aliphatic carboxylic acids is 1. The van der Waals surface area contributed by atoms with Gasteiger partial charge in [-0.15, -0.1) is 0 Å². The van der Waals surface area contributed by atoms with Crippen LogP contribution in [-0.2, 0) is 25.6 Å². The molecule has 0 aliphatic rings. The number of hydrogen-bond donors (Lipinski definition) is 8. The molecule has 0 aliphatic carbocycles. The second-order valence-corrected chi connectivity index (χ2v) is 9.67. The van der Waals surface area contributed by atoms with Crippen molar-refractivity contribution in [3.05, 3.63) is 36.0 Å². The molecule has 0 bridgehead atoms. The number of amides is 3. The topological polar surface area (TPSA) is 187 Å². The molecule has 3 amide bonds. The van der Waals surface area contributed by atoms with Gasteiger partial charge in [-0.2, -0.15) is 24.4 Å². The smallest absolute Gasteiger partial charge is 0.326 e. The molecule has 8 N–H and O–H groups in total. The number of para-hydroxylation sites is 1. The number of aromatic nitrogens is 1. The number of carbonyl (C=O) groups is 4. The number of carboxylic acid groups (broad SMARTS) is 1. The number of hydrogen-bond acceptors (Lipinski definition) is 8. The Morgan fingerprint density at radius 1 is 1.08 bits per heavy atom. The van der Waals surface area contributed by atoms with E-state index < -0.39 is 54.0 Å². The number of fused-ring (bicyclic) bond motifs is 1. The van der Waals surface area contributed by atoms with Crippen molar-refractivity contribution in [1.82, 2.24) is 20.9 Å². The fraction of sp³-hybridized carbons (Fsp3) is 0.478. The molecular weight excluding hydrogens is 506 g/mol. The number of aliphatic hydroxyl groups excluding tert-OH is 1. The summed E-state index contributed by atoms with van der Waals surface area (Å²) in [6.45, 7) is 1.31. The Bertz CT molecular complexity index is 1060. The molecule has 36 heavy (non-hydrogen) atoms. The lowest BCUT2D eigenvalue weighted by Crippen LogP contribution is -2.60. The minimum absolute atomic E-state index is 0.0260. The maximum absolute atomic E-state index is 13.2. The Hall–Kier alpha value is -2.74. The standard InChI is InChI=1S/C23H33N5O6S2/c1-12(29)19(28-20(30)15(24)11-35)22(32)27-18(21(31)26-17(23(33)34)7-8-36-2)9-13-10-25-16-6-4-3-5-14(13)16/h3-6,10,12,15,17-19,25,29,35H,7-9,11,24H2,1-2H3,(H,26,31)(H,27,32)(H,28,30)(H,33,34). The number of aromatic amines is 1. The molecule has 1 aromatic heterocycles. The minimum atomic E-state index is -1.39. The first-order valence-corrected chi connectivity index (χ1v) is 13.3. The first kappa shape index (κ1) is 29.5. The number of H-pyrrole nitrogens is 1. The van der Waals surface area contributed by atoms with Gasteiger partial charge in [-0.3, -0.25) is 14.4 Å². The van der Waals surface area contributed by atoms with Gasteiger partial charge in [0.25, 0.3) is 0 Å². The first-order valence-electron chi connectivity index (χ1n) is 11.3. The zero-order chi connectivity index (χ0) is 26.8. The van der Waals surface area contributed by atoms with E-state index in [0.717, 1.165) is 16.5 Å². The van der Waals surface area contributed by atoms with E-state index in [0.29, 0.717) is 5.75 Å². The van der Waals surface area contributed by atoms with E-state index in [1.165, 1.54) is 18.7 Å². The summed E-state index contributed by atoms with van der Waals surface area (Å²) >= 11 is 5.40. The van der Waals surface area contributed by atoms with Crippen LogP contribution < -0.4 is 21.7 Å². The number of carbonyl (C=O) groups excluding carboxylic acids is 3. The lowest BCUT2D eigenvalue weighted by Gasteiger charge is -2.26. The monoisotopic (exact) mass is 539 g/mol. The van der Waals surface area contributed by atoms with E-state index in [2.05, 4.69) is 33.6 Å². The summed E-state index contributed by atoms with van der Waals surface area (Å²) < 4.78 is 0. The van der Waals surface area contributed by atoms with Crippen LogP contribution in [0.25, 0.3) is 10.9 Å². The molecule has 198 valence electrons. The Balaban J connectivity index is 2.30. The zero-order valence-electron chi connectivity index (χ0n) is 20.1. The fourth-order valence-corrected chi connectivity index (χ4v) is 4.14. The molecule has 5 atom stereocenters. The molecular formula is C23H33N5O6S2. The Morgan fingerprint density at radius 3 is 2.36 bits per heavy atom.